The van der Waals surface area contributed by atoms with Gasteiger partial charge in [0, 0.05) is 0 Å². The molecule has 0 spiro atoms. The highest BCUT2D eigenvalue weighted by molar-refractivity contribution is 5.43. The van der Waals surface area contributed by atoms with Crippen molar-refractivity contribution < 1.29 is 9.47 Å². The summed E-state index contributed by atoms with van der Waals surface area (Å²) in [6.45, 7) is 11.0. The molecule has 0 radical (unpaired) electrons. The molecule has 0 N–H and O–H groups in total. The van der Waals surface area contributed by atoms with Crippen molar-refractivity contribution >= 4 is 0 Å². The van der Waals surface area contributed by atoms with Gasteiger partial charge in [0.1, 0.15) is 0 Å². The van der Waals surface area contributed by atoms with E-state index in [4.69, 9.17) is 9.47 Å². The Morgan fingerprint density at radius 1 is 1.06 bits per heavy atom. The third-order valence-electron chi connectivity index (χ3n) is 2.30. The van der Waals surface area contributed by atoms with E-state index in [1.807, 2.05) is 26.8 Å². The van der Waals surface area contributed by atoms with Crippen molar-refractivity contribution in [3.8, 4) is 11.5 Å². The molecule has 0 bridgehead atoms. The van der Waals surface area contributed by atoms with Crippen LogP contribution in [0.5, 0.6) is 11.5 Å². The smallest absolute Gasteiger partial charge is 0.161 e. The van der Waals surface area contributed by atoms with Gasteiger partial charge in [-0.3, -0.25) is 0 Å². The average molecular weight is 222 g/mol. The zero-order chi connectivity index (χ0) is 12.1. The van der Waals surface area contributed by atoms with Crippen molar-refractivity contribution in [1.29, 1.82) is 0 Å². The average Bonchev–Trinajstić information content (AvgIpc) is 2.20. The molecule has 0 atom stereocenters. The molecule has 0 aromatic heterocycles. The summed E-state index contributed by atoms with van der Waals surface area (Å²) in [6, 6.07) is 6.18. The highest BCUT2D eigenvalue weighted by Gasteiger charge is 2.09. The molecule has 2 nitrogen and oxygen atoms in total. The molecule has 0 aliphatic carbocycles. The fourth-order valence-corrected chi connectivity index (χ4v) is 1.50. The van der Waals surface area contributed by atoms with Crippen molar-refractivity contribution in [2.45, 2.75) is 46.6 Å². The fourth-order valence-electron chi connectivity index (χ4n) is 1.50. The lowest BCUT2D eigenvalue weighted by molar-refractivity contribution is 0.223. The molecule has 1 aromatic rings. The Balaban J connectivity index is 2.99. The minimum absolute atomic E-state index is 0.170. The SMILES string of the molecule is CCOc1cc(C(C)C)ccc1OC(C)C. The molecule has 0 fully saturated rings. The van der Waals surface area contributed by atoms with E-state index < -0.39 is 0 Å². The third kappa shape index (κ3) is 3.44. The second kappa shape index (κ2) is 5.78. The highest BCUT2D eigenvalue weighted by Crippen LogP contribution is 2.31. The molecule has 90 valence electrons. The Bertz CT molecular complexity index is 330. The Morgan fingerprint density at radius 3 is 2.25 bits per heavy atom. The first kappa shape index (κ1) is 12.9. The number of ether oxygens (including phenoxy) is 2. The van der Waals surface area contributed by atoms with E-state index >= 15 is 0 Å². The van der Waals surface area contributed by atoms with Crippen LogP contribution in [0.4, 0.5) is 0 Å². The first-order valence-electron chi connectivity index (χ1n) is 5.98. The minimum Gasteiger partial charge on any atom is -0.490 e. The molecule has 0 saturated heterocycles. The highest BCUT2D eigenvalue weighted by atomic mass is 16.5. The monoisotopic (exact) mass is 222 g/mol. The molecule has 0 aliphatic rings. The van der Waals surface area contributed by atoms with Crippen molar-refractivity contribution in [2.24, 2.45) is 0 Å². The van der Waals surface area contributed by atoms with Gasteiger partial charge >= 0.3 is 0 Å². The van der Waals surface area contributed by atoms with Crippen LogP contribution >= 0.6 is 0 Å². The van der Waals surface area contributed by atoms with Crippen molar-refractivity contribution in [3.63, 3.8) is 0 Å². The summed E-state index contributed by atoms with van der Waals surface area (Å²) >= 11 is 0. The van der Waals surface area contributed by atoms with Crippen LogP contribution in [0.25, 0.3) is 0 Å². The van der Waals surface area contributed by atoms with Crippen molar-refractivity contribution in [2.75, 3.05) is 6.61 Å². The van der Waals surface area contributed by atoms with Gasteiger partial charge in [0.25, 0.3) is 0 Å². The Hall–Kier alpha value is -1.18. The van der Waals surface area contributed by atoms with Gasteiger partial charge in [-0.15, -0.1) is 0 Å². The molecular formula is C14H22O2. The van der Waals surface area contributed by atoms with E-state index in [1.165, 1.54) is 5.56 Å². The second-order valence-electron chi connectivity index (χ2n) is 4.46. The van der Waals surface area contributed by atoms with E-state index in [0.29, 0.717) is 12.5 Å². The molecule has 0 saturated carbocycles. The van der Waals surface area contributed by atoms with Crippen LogP contribution < -0.4 is 9.47 Å². The maximum absolute atomic E-state index is 5.71. The number of hydrogen-bond acceptors (Lipinski definition) is 2. The Labute approximate surface area is 98.6 Å². The van der Waals surface area contributed by atoms with Gasteiger partial charge in [-0.1, -0.05) is 19.9 Å². The number of benzene rings is 1. The molecular weight excluding hydrogens is 200 g/mol. The second-order valence-corrected chi connectivity index (χ2v) is 4.46. The molecule has 0 amide bonds. The Kier molecular flexibility index (Phi) is 4.66. The van der Waals surface area contributed by atoms with Gasteiger partial charge in [-0.2, -0.15) is 0 Å². The van der Waals surface area contributed by atoms with E-state index in [0.717, 1.165) is 11.5 Å². The largest absolute Gasteiger partial charge is 0.490 e. The quantitative estimate of drug-likeness (QED) is 0.749. The maximum atomic E-state index is 5.71. The fraction of sp³-hybridized carbons (Fsp3) is 0.571. The van der Waals surface area contributed by atoms with E-state index in [2.05, 4.69) is 26.0 Å². The number of rotatable bonds is 5. The summed E-state index contributed by atoms with van der Waals surface area (Å²) in [6.07, 6.45) is 0.170. The van der Waals surface area contributed by atoms with Gasteiger partial charge in [0.15, 0.2) is 11.5 Å². The van der Waals surface area contributed by atoms with Crippen LogP contribution in [-0.2, 0) is 0 Å². The summed E-state index contributed by atoms with van der Waals surface area (Å²) in [4.78, 5) is 0. The summed E-state index contributed by atoms with van der Waals surface area (Å²) < 4.78 is 11.3. The van der Waals surface area contributed by atoms with E-state index in [1.54, 1.807) is 0 Å². The van der Waals surface area contributed by atoms with Crippen molar-refractivity contribution in [3.05, 3.63) is 23.8 Å². The topological polar surface area (TPSA) is 18.5 Å². The molecule has 2 heteroatoms. The zero-order valence-corrected chi connectivity index (χ0v) is 10.9. The van der Waals surface area contributed by atoms with Crippen LogP contribution in [0.15, 0.2) is 18.2 Å². The predicted molar refractivity (Wildman–Crippen MR) is 67.5 cm³/mol. The van der Waals surface area contributed by atoms with Gasteiger partial charge < -0.3 is 9.47 Å². The predicted octanol–water partition coefficient (Wildman–Crippen LogP) is 4.00. The first-order valence-corrected chi connectivity index (χ1v) is 5.98. The molecule has 1 aromatic carbocycles. The minimum atomic E-state index is 0.170. The summed E-state index contributed by atoms with van der Waals surface area (Å²) in [5.74, 6) is 2.19. The van der Waals surface area contributed by atoms with Crippen LogP contribution in [0.3, 0.4) is 0 Å². The van der Waals surface area contributed by atoms with E-state index in [9.17, 15) is 0 Å². The van der Waals surface area contributed by atoms with Gasteiger partial charge in [-0.05, 0) is 44.4 Å². The lowest BCUT2D eigenvalue weighted by Crippen LogP contribution is -2.07. The van der Waals surface area contributed by atoms with E-state index in [-0.39, 0.29) is 6.10 Å². The van der Waals surface area contributed by atoms with Crippen LogP contribution in [0.2, 0.25) is 0 Å². The summed E-state index contributed by atoms with van der Waals surface area (Å²) in [7, 11) is 0. The first-order chi connectivity index (χ1) is 7.54. The van der Waals surface area contributed by atoms with Crippen molar-refractivity contribution in [1.82, 2.24) is 0 Å². The zero-order valence-electron chi connectivity index (χ0n) is 10.9. The molecule has 1 rings (SSSR count). The van der Waals surface area contributed by atoms with Gasteiger partial charge in [0.2, 0.25) is 0 Å². The summed E-state index contributed by atoms with van der Waals surface area (Å²) in [5.41, 5.74) is 1.28. The Morgan fingerprint density at radius 2 is 1.75 bits per heavy atom. The van der Waals surface area contributed by atoms with Crippen LogP contribution in [0.1, 0.15) is 46.1 Å². The maximum Gasteiger partial charge on any atom is 0.161 e. The normalized spacial score (nSPS) is 10.9. The third-order valence-corrected chi connectivity index (χ3v) is 2.30. The summed E-state index contributed by atoms with van der Waals surface area (Å²) in [5, 5.41) is 0. The number of hydrogen-bond donors (Lipinski definition) is 0. The standard InChI is InChI=1S/C14H22O2/c1-6-15-14-9-12(10(2)3)7-8-13(14)16-11(4)5/h7-11H,6H2,1-5H3. The van der Waals surface area contributed by atoms with Gasteiger partial charge in [-0.25, -0.2) is 0 Å². The molecule has 0 unspecified atom stereocenters. The van der Waals surface area contributed by atoms with Gasteiger partial charge in [0.05, 0.1) is 12.7 Å². The molecule has 0 aliphatic heterocycles. The van der Waals surface area contributed by atoms with Crippen LogP contribution in [0, 0.1) is 0 Å². The van der Waals surface area contributed by atoms with Crippen LogP contribution in [-0.4, -0.2) is 12.7 Å². The lowest BCUT2D eigenvalue weighted by Gasteiger charge is -2.16. The lowest BCUT2D eigenvalue weighted by atomic mass is 10.0. The molecule has 0 heterocycles. The molecule has 16 heavy (non-hydrogen) atoms.